The van der Waals surface area contributed by atoms with Gasteiger partial charge in [0.15, 0.2) is 5.69 Å². The summed E-state index contributed by atoms with van der Waals surface area (Å²) in [6.07, 6.45) is 6.27. The van der Waals surface area contributed by atoms with Gasteiger partial charge in [0.05, 0.1) is 12.7 Å². The number of hydrogen-bond donors (Lipinski definition) is 2. The van der Waals surface area contributed by atoms with Gasteiger partial charge in [0.25, 0.3) is 0 Å². The van der Waals surface area contributed by atoms with Crippen molar-refractivity contribution in [1.82, 2.24) is 5.16 Å². The largest absolute Gasteiger partial charge is 0.478 e. The molecule has 0 spiro atoms. The van der Waals surface area contributed by atoms with E-state index in [1.165, 1.54) is 6.20 Å². The lowest BCUT2D eigenvalue weighted by Gasteiger charge is -2.10. The molecule has 0 atom stereocenters. The van der Waals surface area contributed by atoms with Crippen molar-refractivity contribution in [2.45, 2.75) is 0 Å². The van der Waals surface area contributed by atoms with Gasteiger partial charge in [-0.15, -0.1) is 6.42 Å². The summed E-state index contributed by atoms with van der Waals surface area (Å²) in [5.41, 5.74) is 0.281. The van der Waals surface area contributed by atoms with Gasteiger partial charge in [-0.2, -0.15) is 0 Å². The smallest absolute Gasteiger partial charge is 0.334 e. The zero-order valence-electron chi connectivity index (χ0n) is 5.69. The molecule has 0 saturated heterocycles. The lowest BCUT2D eigenvalue weighted by atomic mass is 10.5. The second-order valence-corrected chi connectivity index (χ2v) is 1.85. The van der Waals surface area contributed by atoms with E-state index in [-0.39, 0.29) is 18.2 Å². The number of hydrazine groups is 1. The molecule has 0 fully saturated rings. The van der Waals surface area contributed by atoms with Crippen LogP contribution < -0.4 is 10.9 Å². The first-order chi connectivity index (χ1) is 5.25. The van der Waals surface area contributed by atoms with Gasteiger partial charge in [0.1, 0.15) is 0 Å². The van der Waals surface area contributed by atoms with E-state index in [2.05, 4.69) is 15.6 Å². The van der Waals surface area contributed by atoms with E-state index in [9.17, 15) is 0 Å². The van der Waals surface area contributed by atoms with Crippen LogP contribution in [0.5, 0.6) is 5.95 Å². The maximum atomic E-state index is 8.93. The Morgan fingerprint density at radius 3 is 3.09 bits per heavy atom. The molecule has 0 aliphatic carbocycles. The SMILES string of the molecule is C#CCN(N)c1cnoc1O. The summed E-state index contributed by atoms with van der Waals surface area (Å²) in [7, 11) is 0. The normalized spacial score (nSPS) is 9.09. The second-order valence-electron chi connectivity index (χ2n) is 1.85. The summed E-state index contributed by atoms with van der Waals surface area (Å²) >= 11 is 0. The van der Waals surface area contributed by atoms with Crippen LogP contribution in [0.4, 0.5) is 5.69 Å². The van der Waals surface area contributed by atoms with Crippen LogP contribution in [0.2, 0.25) is 0 Å². The molecule has 5 nitrogen and oxygen atoms in total. The first-order valence-electron chi connectivity index (χ1n) is 2.85. The van der Waals surface area contributed by atoms with Crippen molar-refractivity contribution in [3.8, 4) is 18.3 Å². The fourth-order valence-electron chi connectivity index (χ4n) is 0.609. The third-order valence-electron chi connectivity index (χ3n) is 1.10. The highest BCUT2D eigenvalue weighted by atomic mass is 16.5. The van der Waals surface area contributed by atoms with Crippen LogP contribution in [0.25, 0.3) is 0 Å². The Labute approximate surface area is 63.4 Å². The van der Waals surface area contributed by atoms with Crippen molar-refractivity contribution < 1.29 is 9.63 Å². The molecule has 0 unspecified atom stereocenters. The molecule has 1 heterocycles. The molecule has 1 aromatic heterocycles. The number of aromatic nitrogens is 1. The van der Waals surface area contributed by atoms with Crippen molar-refractivity contribution in [1.29, 1.82) is 0 Å². The minimum atomic E-state index is -0.331. The Morgan fingerprint density at radius 2 is 2.64 bits per heavy atom. The van der Waals surface area contributed by atoms with Gasteiger partial charge < -0.3 is 9.63 Å². The van der Waals surface area contributed by atoms with Crippen molar-refractivity contribution in [2.24, 2.45) is 5.84 Å². The fourth-order valence-corrected chi connectivity index (χ4v) is 0.609. The minimum Gasteiger partial charge on any atom is -0.478 e. The summed E-state index contributed by atoms with van der Waals surface area (Å²) in [6, 6.07) is 0. The Kier molecular flexibility index (Phi) is 1.99. The van der Waals surface area contributed by atoms with E-state index in [0.29, 0.717) is 0 Å². The Morgan fingerprint density at radius 1 is 1.91 bits per heavy atom. The molecule has 1 aromatic rings. The lowest BCUT2D eigenvalue weighted by molar-refractivity contribution is 0.278. The summed E-state index contributed by atoms with van der Waals surface area (Å²) in [4.78, 5) is 0. The molecular formula is C6H7N3O2. The maximum Gasteiger partial charge on any atom is 0.334 e. The summed E-state index contributed by atoms with van der Waals surface area (Å²) in [6.45, 7) is 0.189. The van der Waals surface area contributed by atoms with Crippen LogP contribution in [-0.2, 0) is 0 Å². The third-order valence-corrected chi connectivity index (χ3v) is 1.10. The Hall–Kier alpha value is -1.67. The molecule has 0 saturated carbocycles. The van der Waals surface area contributed by atoms with Gasteiger partial charge in [-0.05, 0) is 0 Å². The monoisotopic (exact) mass is 153 g/mol. The van der Waals surface area contributed by atoms with Crippen LogP contribution in [-0.4, -0.2) is 16.8 Å². The predicted octanol–water partition coefficient (Wildman–Crippen LogP) is -0.307. The molecule has 5 heteroatoms. The summed E-state index contributed by atoms with van der Waals surface area (Å²) in [5.74, 6) is 7.35. The average molecular weight is 153 g/mol. The van der Waals surface area contributed by atoms with Gasteiger partial charge in [-0.1, -0.05) is 11.1 Å². The number of nitrogens with two attached hydrogens (primary N) is 1. The Balaban J connectivity index is 2.77. The van der Waals surface area contributed by atoms with E-state index in [1.54, 1.807) is 0 Å². The second kappa shape index (κ2) is 2.94. The van der Waals surface area contributed by atoms with Gasteiger partial charge in [0.2, 0.25) is 0 Å². The summed E-state index contributed by atoms with van der Waals surface area (Å²) in [5, 5.41) is 13.4. The molecule has 0 aromatic carbocycles. The first kappa shape index (κ1) is 7.44. The van der Waals surface area contributed by atoms with E-state index < -0.39 is 0 Å². The zero-order valence-corrected chi connectivity index (χ0v) is 5.69. The standard InChI is InChI=1S/C6H7N3O2/c1-2-3-9(7)5-4-8-11-6(5)10/h1,4,10H,3,7H2. The van der Waals surface area contributed by atoms with Gasteiger partial charge >= 0.3 is 5.95 Å². The highest BCUT2D eigenvalue weighted by molar-refractivity contribution is 5.50. The summed E-state index contributed by atoms with van der Waals surface area (Å²) < 4.78 is 4.35. The van der Waals surface area contributed by atoms with Crippen molar-refractivity contribution in [3.63, 3.8) is 0 Å². The number of rotatable bonds is 2. The molecule has 0 amide bonds. The highest BCUT2D eigenvalue weighted by Gasteiger charge is 2.09. The fraction of sp³-hybridized carbons (Fsp3) is 0.167. The van der Waals surface area contributed by atoms with E-state index >= 15 is 0 Å². The number of aromatic hydroxyl groups is 1. The molecule has 0 bridgehead atoms. The Bertz CT molecular complexity index is 276. The highest BCUT2D eigenvalue weighted by Crippen LogP contribution is 2.23. The van der Waals surface area contributed by atoms with Crippen LogP contribution >= 0.6 is 0 Å². The molecular weight excluding hydrogens is 146 g/mol. The molecule has 0 radical (unpaired) electrons. The molecule has 11 heavy (non-hydrogen) atoms. The zero-order chi connectivity index (χ0) is 8.27. The average Bonchev–Trinajstić information content (AvgIpc) is 2.36. The van der Waals surface area contributed by atoms with Crippen molar-refractivity contribution in [2.75, 3.05) is 11.6 Å². The van der Waals surface area contributed by atoms with E-state index in [4.69, 9.17) is 17.4 Å². The van der Waals surface area contributed by atoms with E-state index in [0.717, 1.165) is 5.01 Å². The third kappa shape index (κ3) is 1.42. The van der Waals surface area contributed by atoms with Gasteiger partial charge in [0, 0.05) is 0 Å². The van der Waals surface area contributed by atoms with Crippen molar-refractivity contribution in [3.05, 3.63) is 6.20 Å². The number of terminal acetylenes is 1. The molecule has 1 rings (SSSR count). The van der Waals surface area contributed by atoms with Crippen molar-refractivity contribution >= 4 is 5.69 Å². The molecule has 58 valence electrons. The first-order valence-corrected chi connectivity index (χ1v) is 2.85. The minimum absolute atomic E-state index is 0.189. The number of nitrogens with zero attached hydrogens (tertiary/aromatic N) is 2. The van der Waals surface area contributed by atoms with Gasteiger partial charge in [-0.25, -0.2) is 5.84 Å². The van der Waals surface area contributed by atoms with Crippen LogP contribution in [0.3, 0.4) is 0 Å². The topological polar surface area (TPSA) is 75.5 Å². The van der Waals surface area contributed by atoms with Crippen LogP contribution in [0.15, 0.2) is 10.7 Å². The van der Waals surface area contributed by atoms with Crippen LogP contribution in [0, 0.1) is 12.3 Å². The van der Waals surface area contributed by atoms with E-state index in [1.807, 2.05) is 0 Å². The van der Waals surface area contributed by atoms with Crippen LogP contribution in [0.1, 0.15) is 0 Å². The lowest BCUT2D eigenvalue weighted by Crippen LogP contribution is -2.30. The maximum absolute atomic E-state index is 8.93. The molecule has 0 aliphatic heterocycles. The number of anilines is 1. The molecule has 0 aliphatic rings. The number of hydrogen-bond acceptors (Lipinski definition) is 5. The van der Waals surface area contributed by atoms with Gasteiger partial charge in [-0.3, -0.25) is 5.01 Å². The quantitative estimate of drug-likeness (QED) is 0.346. The molecule has 3 N–H and O–H groups in total. The predicted molar refractivity (Wildman–Crippen MR) is 38.5 cm³/mol.